The van der Waals surface area contributed by atoms with Crippen molar-refractivity contribution in [1.82, 2.24) is 9.88 Å². The smallest absolute Gasteiger partial charge is 0.267 e. The van der Waals surface area contributed by atoms with Gasteiger partial charge in [-0.3, -0.25) is 4.79 Å². The number of halogens is 2. The zero-order valence-electron chi connectivity index (χ0n) is 11.3. The Morgan fingerprint density at radius 2 is 2.14 bits per heavy atom. The lowest BCUT2D eigenvalue weighted by Crippen LogP contribution is -2.33. The van der Waals surface area contributed by atoms with Crippen molar-refractivity contribution in [3.05, 3.63) is 18.0 Å². The molecule has 118 valence electrons. The van der Waals surface area contributed by atoms with E-state index in [9.17, 15) is 22.0 Å². The highest BCUT2D eigenvalue weighted by Gasteiger charge is 2.23. The molecule has 1 heterocycles. The van der Waals surface area contributed by atoms with Gasteiger partial charge in [-0.05, 0) is 24.8 Å². The lowest BCUT2D eigenvalue weighted by molar-refractivity contribution is 0.0916. The number of nitrogens with one attached hydrogen (secondary N) is 1. The maximum atomic E-state index is 12.5. The Bertz CT molecular complexity index is 624. The normalized spacial score (nSPS) is 16.0. The van der Waals surface area contributed by atoms with E-state index in [2.05, 4.69) is 5.32 Å². The van der Waals surface area contributed by atoms with Gasteiger partial charge in [-0.1, -0.05) is 6.42 Å². The first kappa shape index (κ1) is 15.9. The minimum Gasteiger partial charge on any atom is -0.350 e. The van der Waals surface area contributed by atoms with Crippen molar-refractivity contribution in [2.45, 2.75) is 37.1 Å². The third kappa shape index (κ3) is 4.01. The summed E-state index contributed by atoms with van der Waals surface area (Å²) in [5.74, 6) is -0.164. The van der Waals surface area contributed by atoms with Crippen molar-refractivity contribution in [3.8, 4) is 0 Å². The minimum absolute atomic E-state index is 0.126. The van der Waals surface area contributed by atoms with Crippen LogP contribution in [0, 0.1) is 5.92 Å². The number of nitrogens with two attached hydrogens (primary N) is 1. The standard InChI is InChI=1S/C12H17F2N3O3S/c13-11(14)7-17-6-9(21(15,19)20)4-10(17)12(18)16-5-8-2-1-3-8/h4,6,8,11H,1-3,5,7H2,(H,16,18)(H2,15,19,20). The molecule has 2 rings (SSSR count). The molecule has 1 aliphatic rings. The number of carbonyl (C=O) groups excluding carboxylic acids is 1. The molecule has 1 amide bonds. The lowest BCUT2D eigenvalue weighted by atomic mass is 9.85. The summed E-state index contributed by atoms with van der Waals surface area (Å²) in [6, 6.07) is 1.02. The van der Waals surface area contributed by atoms with Crippen LogP contribution in [0.3, 0.4) is 0 Å². The fraction of sp³-hybridized carbons (Fsp3) is 0.583. The van der Waals surface area contributed by atoms with E-state index < -0.39 is 28.9 Å². The number of hydrogen-bond acceptors (Lipinski definition) is 3. The Morgan fingerprint density at radius 3 is 2.62 bits per heavy atom. The van der Waals surface area contributed by atoms with Crippen LogP contribution in [0.25, 0.3) is 0 Å². The monoisotopic (exact) mass is 321 g/mol. The number of amides is 1. The van der Waals surface area contributed by atoms with Gasteiger partial charge in [-0.2, -0.15) is 0 Å². The maximum Gasteiger partial charge on any atom is 0.267 e. The summed E-state index contributed by atoms with van der Waals surface area (Å²) in [5, 5.41) is 7.60. The van der Waals surface area contributed by atoms with E-state index in [1.807, 2.05) is 0 Å². The fourth-order valence-electron chi connectivity index (χ4n) is 2.15. The molecular weight excluding hydrogens is 304 g/mol. The number of rotatable bonds is 6. The van der Waals surface area contributed by atoms with Gasteiger partial charge < -0.3 is 9.88 Å². The molecule has 0 unspecified atom stereocenters. The van der Waals surface area contributed by atoms with Crippen LogP contribution >= 0.6 is 0 Å². The minimum atomic E-state index is -4.04. The summed E-state index contributed by atoms with van der Waals surface area (Å²) < 4.78 is 48.5. The molecule has 1 aromatic heterocycles. The van der Waals surface area contributed by atoms with Crippen LogP contribution in [0.15, 0.2) is 17.2 Å². The summed E-state index contributed by atoms with van der Waals surface area (Å²) >= 11 is 0. The Labute approximate surface area is 121 Å². The first-order chi connectivity index (χ1) is 9.77. The summed E-state index contributed by atoms with van der Waals surface area (Å²) in [5.41, 5.74) is -0.126. The molecule has 0 saturated heterocycles. The summed E-state index contributed by atoms with van der Waals surface area (Å²) in [6.07, 6.45) is 1.43. The average molecular weight is 321 g/mol. The number of carbonyl (C=O) groups is 1. The first-order valence-electron chi connectivity index (χ1n) is 6.56. The molecule has 0 bridgehead atoms. The Hall–Kier alpha value is -1.48. The second kappa shape index (κ2) is 6.10. The second-order valence-electron chi connectivity index (χ2n) is 5.16. The summed E-state index contributed by atoms with van der Waals surface area (Å²) in [7, 11) is -4.04. The number of primary sulfonamides is 1. The highest BCUT2D eigenvalue weighted by molar-refractivity contribution is 7.89. The fourth-order valence-corrected chi connectivity index (χ4v) is 2.70. The van der Waals surface area contributed by atoms with Gasteiger partial charge in [-0.25, -0.2) is 22.3 Å². The molecular formula is C12H17F2N3O3S. The van der Waals surface area contributed by atoms with E-state index >= 15 is 0 Å². The first-order valence-corrected chi connectivity index (χ1v) is 8.11. The van der Waals surface area contributed by atoms with Crippen LogP contribution in [0.2, 0.25) is 0 Å². The van der Waals surface area contributed by atoms with Crippen molar-refractivity contribution in [1.29, 1.82) is 0 Å². The summed E-state index contributed by atoms with van der Waals surface area (Å²) in [6.45, 7) is -0.300. The van der Waals surface area contributed by atoms with Crippen molar-refractivity contribution >= 4 is 15.9 Å². The predicted molar refractivity (Wildman–Crippen MR) is 71.5 cm³/mol. The molecule has 0 atom stereocenters. The second-order valence-corrected chi connectivity index (χ2v) is 6.72. The van der Waals surface area contributed by atoms with Gasteiger partial charge in [0, 0.05) is 12.7 Å². The van der Waals surface area contributed by atoms with Crippen molar-refractivity contribution in [2.75, 3.05) is 6.54 Å². The maximum absolute atomic E-state index is 12.5. The zero-order chi connectivity index (χ0) is 15.6. The number of sulfonamides is 1. The number of hydrogen-bond donors (Lipinski definition) is 2. The van der Waals surface area contributed by atoms with Crippen molar-refractivity contribution in [3.63, 3.8) is 0 Å². The molecule has 3 N–H and O–H groups in total. The van der Waals surface area contributed by atoms with Crippen LogP contribution in [0.5, 0.6) is 0 Å². The van der Waals surface area contributed by atoms with Gasteiger partial charge in [0.2, 0.25) is 10.0 Å². The highest BCUT2D eigenvalue weighted by Crippen LogP contribution is 2.25. The Balaban J connectivity index is 2.18. The van der Waals surface area contributed by atoms with Crippen LogP contribution < -0.4 is 10.5 Å². The molecule has 0 aliphatic heterocycles. The zero-order valence-corrected chi connectivity index (χ0v) is 12.1. The molecule has 0 aromatic carbocycles. The summed E-state index contributed by atoms with van der Waals surface area (Å²) in [4.78, 5) is 11.7. The van der Waals surface area contributed by atoms with Crippen LogP contribution in [-0.4, -0.2) is 31.9 Å². The van der Waals surface area contributed by atoms with Gasteiger partial charge in [0.25, 0.3) is 12.3 Å². The van der Waals surface area contributed by atoms with Gasteiger partial charge >= 0.3 is 0 Å². The largest absolute Gasteiger partial charge is 0.350 e. The number of aromatic nitrogens is 1. The van der Waals surface area contributed by atoms with E-state index in [1.165, 1.54) is 0 Å². The van der Waals surface area contributed by atoms with E-state index in [0.29, 0.717) is 12.5 Å². The van der Waals surface area contributed by atoms with E-state index in [-0.39, 0.29) is 10.6 Å². The Morgan fingerprint density at radius 1 is 1.48 bits per heavy atom. The molecule has 6 nitrogen and oxygen atoms in total. The molecule has 1 aromatic rings. The topological polar surface area (TPSA) is 94.2 Å². The molecule has 21 heavy (non-hydrogen) atoms. The highest BCUT2D eigenvalue weighted by atomic mass is 32.2. The molecule has 1 aliphatic carbocycles. The predicted octanol–water partition coefficient (Wildman–Crippen LogP) is 0.930. The van der Waals surface area contributed by atoms with Gasteiger partial charge in [0.1, 0.15) is 10.6 Å². The van der Waals surface area contributed by atoms with Gasteiger partial charge in [0.05, 0.1) is 6.54 Å². The van der Waals surface area contributed by atoms with E-state index in [0.717, 1.165) is 36.1 Å². The van der Waals surface area contributed by atoms with Gasteiger partial charge in [0.15, 0.2) is 0 Å². The van der Waals surface area contributed by atoms with E-state index in [1.54, 1.807) is 0 Å². The Kier molecular flexibility index (Phi) is 4.62. The van der Waals surface area contributed by atoms with Crippen LogP contribution in [0.1, 0.15) is 29.8 Å². The SMILES string of the molecule is NS(=O)(=O)c1cc(C(=O)NCC2CCC2)n(CC(F)F)c1. The third-order valence-corrected chi connectivity index (χ3v) is 4.42. The quantitative estimate of drug-likeness (QED) is 0.816. The number of alkyl halides is 2. The van der Waals surface area contributed by atoms with Gasteiger partial charge in [-0.15, -0.1) is 0 Å². The van der Waals surface area contributed by atoms with Crippen molar-refractivity contribution < 1.29 is 22.0 Å². The lowest BCUT2D eigenvalue weighted by Gasteiger charge is -2.25. The number of nitrogens with zero attached hydrogens (tertiary/aromatic N) is 1. The van der Waals surface area contributed by atoms with E-state index in [4.69, 9.17) is 5.14 Å². The third-order valence-electron chi connectivity index (χ3n) is 3.54. The molecule has 1 fully saturated rings. The van der Waals surface area contributed by atoms with Crippen molar-refractivity contribution in [2.24, 2.45) is 11.1 Å². The molecule has 9 heteroatoms. The average Bonchev–Trinajstić information content (AvgIpc) is 2.69. The van der Waals surface area contributed by atoms with Crippen LogP contribution in [0.4, 0.5) is 8.78 Å². The molecule has 0 radical (unpaired) electrons. The molecule has 0 spiro atoms. The molecule has 1 saturated carbocycles. The van der Waals surface area contributed by atoms with Crippen LogP contribution in [-0.2, 0) is 16.6 Å².